The molecule has 0 aliphatic carbocycles. The Morgan fingerprint density at radius 1 is 1.63 bits per heavy atom. The summed E-state index contributed by atoms with van der Waals surface area (Å²) in [6.07, 6.45) is -0.903. The number of aliphatic hydroxyl groups excluding tert-OH is 1. The van der Waals surface area contributed by atoms with Gasteiger partial charge in [-0.25, -0.2) is 4.98 Å². The van der Waals surface area contributed by atoms with Crippen molar-refractivity contribution in [2.75, 3.05) is 11.9 Å². The molecule has 1 aromatic rings. The molecule has 0 amide bonds. The van der Waals surface area contributed by atoms with Crippen LogP contribution in [0.1, 0.15) is 19.2 Å². The number of H-pyrrole nitrogens is 1. The zero-order chi connectivity index (χ0) is 14.6. The lowest BCUT2D eigenvalue weighted by Crippen LogP contribution is -2.28. The van der Waals surface area contributed by atoms with Crippen LogP contribution in [0.15, 0.2) is 4.79 Å². The highest BCUT2D eigenvalue weighted by Crippen LogP contribution is 2.15. The van der Waals surface area contributed by atoms with Gasteiger partial charge in [0.05, 0.1) is 11.5 Å². The van der Waals surface area contributed by atoms with Crippen molar-refractivity contribution in [2.24, 2.45) is 0 Å². The standard InChI is InChI=1S/C10H14N4O5/c1-3-6(15)7(16)4-11-9-8(14(18)19)10(17)13-5(2)12-9/h6,15H,3-4H2,1-2H3,(H2,11,12,13,17). The number of Topliss-reactive ketones (excluding diaryl/α,β-unsaturated/α-hetero) is 1. The largest absolute Gasteiger partial charge is 0.385 e. The van der Waals surface area contributed by atoms with E-state index in [1.807, 2.05) is 0 Å². The molecule has 0 aromatic carbocycles. The van der Waals surface area contributed by atoms with Gasteiger partial charge in [-0.3, -0.25) is 19.7 Å². The van der Waals surface area contributed by atoms with Gasteiger partial charge in [0.25, 0.3) is 0 Å². The number of nitrogens with one attached hydrogen (secondary N) is 2. The van der Waals surface area contributed by atoms with Crippen LogP contribution in [-0.4, -0.2) is 38.4 Å². The van der Waals surface area contributed by atoms with Gasteiger partial charge in [0, 0.05) is 0 Å². The molecule has 1 heterocycles. The van der Waals surface area contributed by atoms with Crippen molar-refractivity contribution < 1.29 is 14.8 Å². The fraction of sp³-hybridized carbons (Fsp3) is 0.500. The third-order valence-corrected chi connectivity index (χ3v) is 2.38. The summed E-state index contributed by atoms with van der Waals surface area (Å²) in [5, 5.41) is 22.4. The van der Waals surface area contributed by atoms with Crippen LogP contribution in [-0.2, 0) is 4.79 Å². The van der Waals surface area contributed by atoms with Crippen molar-refractivity contribution in [3.05, 3.63) is 26.3 Å². The minimum atomic E-state index is -1.14. The van der Waals surface area contributed by atoms with E-state index in [0.29, 0.717) is 0 Å². The monoisotopic (exact) mass is 270 g/mol. The number of anilines is 1. The summed E-state index contributed by atoms with van der Waals surface area (Å²) in [6.45, 7) is 2.74. The molecule has 1 atom stereocenters. The second-order valence-corrected chi connectivity index (χ2v) is 3.85. The number of aromatic amines is 1. The summed E-state index contributed by atoms with van der Waals surface area (Å²) in [5.41, 5.74) is -1.66. The fourth-order valence-corrected chi connectivity index (χ4v) is 1.39. The number of ketones is 1. The van der Waals surface area contributed by atoms with Crippen LogP contribution in [0.2, 0.25) is 0 Å². The molecule has 0 fully saturated rings. The van der Waals surface area contributed by atoms with Gasteiger partial charge in [-0.15, -0.1) is 0 Å². The molecule has 3 N–H and O–H groups in total. The number of aliphatic hydroxyl groups is 1. The molecule has 19 heavy (non-hydrogen) atoms. The Bertz CT molecular complexity index is 553. The summed E-state index contributed by atoms with van der Waals surface area (Å²) in [4.78, 5) is 38.7. The quantitative estimate of drug-likeness (QED) is 0.478. The lowest BCUT2D eigenvalue weighted by Gasteiger charge is -2.08. The molecular weight excluding hydrogens is 256 g/mol. The normalized spacial score (nSPS) is 11.9. The number of aromatic nitrogens is 2. The molecule has 1 aromatic heterocycles. The molecule has 9 nitrogen and oxygen atoms in total. The molecule has 0 spiro atoms. The van der Waals surface area contributed by atoms with Crippen molar-refractivity contribution in [1.82, 2.24) is 9.97 Å². The summed E-state index contributed by atoms with van der Waals surface area (Å²) in [5.74, 6) is -0.638. The lowest BCUT2D eigenvalue weighted by atomic mass is 10.2. The highest BCUT2D eigenvalue weighted by molar-refractivity contribution is 5.87. The minimum Gasteiger partial charge on any atom is -0.385 e. The number of carbonyl (C=O) groups excluding carboxylic acids is 1. The molecule has 1 rings (SSSR count). The molecule has 104 valence electrons. The lowest BCUT2D eigenvalue weighted by molar-refractivity contribution is -0.385. The zero-order valence-corrected chi connectivity index (χ0v) is 10.5. The zero-order valence-electron chi connectivity index (χ0n) is 10.5. The van der Waals surface area contributed by atoms with E-state index in [1.165, 1.54) is 6.92 Å². The number of carbonyl (C=O) groups is 1. The number of hydrogen-bond donors (Lipinski definition) is 3. The van der Waals surface area contributed by atoms with Gasteiger partial charge in [-0.1, -0.05) is 6.92 Å². The van der Waals surface area contributed by atoms with E-state index in [-0.39, 0.29) is 24.6 Å². The SMILES string of the molecule is CCC(O)C(=O)CNc1nc(C)[nH]c(=O)c1[N+](=O)[O-]. The fourth-order valence-electron chi connectivity index (χ4n) is 1.39. The van der Waals surface area contributed by atoms with Gasteiger partial charge in [0.2, 0.25) is 5.82 Å². The number of rotatable bonds is 6. The topological polar surface area (TPSA) is 138 Å². The van der Waals surface area contributed by atoms with Crippen molar-refractivity contribution in [2.45, 2.75) is 26.4 Å². The highest BCUT2D eigenvalue weighted by Gasteiger charge is 2.22. The van der Waals surface area contributed by atoms with Gasteiger partial charge in [-0.2, -0.15) is 0 Å². The first-order chi connectivity index (χ1) is 8.86. The van der Waals surface area contributed by atoms with E-state index in [4.69, 9.17) is 0 Å². The molecule has 1 unspecified atom stereocenters. The van der Waals surface area contributed by atoms with Gasteiger partial charge >= 0.3 is 11.2 Å². The molecular formula is C10H14N4O5. The molecule has 9 heteroatoms. The summed E-state index contributed by atoms with van der Waals surface area (Å²) in [7, 11) is 0. The van der Waals surface area contributed by atoms with E-state index in [1.54, 1.807) is 6.92 Å². The first-order valence-corrected chi connectivity index (χ1v) is 5.56. The number of nitro groups is 1. The van der Waals surface area contributed by atoms with Crippen LogP contribution in [0.4, 0.5) is 11.5 Å². The van der Waals surface area contributed by atoms with Crippen LogP contribution in [0.3, 0.4) is 0 Å². The van der Waals surface area contributed by atoms with Crippen LogP contribution >= 0.6 is 0 Å². The Morgan fingerprint density at radius 2 is 2.26 bits per heavy atom. The molecule has 0 aliphatic heterocycles. The summed E-state index contributed by atoms with van der Waals surface area (Å²) >= 11 is 0. The van der Waals surface area contributed by atoms with Crippen LogP contribution in [0.5, 0.6) is 0 Å². The Kier molecular flexibility index (Phi) is 4.70. The minimum absolute atomic E-state index is 0.182. The molecule has 0 saturated heterocycles. The number of hydrogen-bond acceptors (Lipinski definition) is 7. The van der Waals surface area contributed by atoms with Crippen LogP contribution in [0.25, 0.3) is 0 Å². The van der Waals surface area contributed by atoms with E-state index < -0.39 is 28.1 Å². The predicted molar refractivity (Wildman–Crippen MR) is 66.0 cm³/mol. The Hall–Kier alpha value is -2.29. The van der Waals surface area contributed by atoms with E-state index in [9.17, 15) is 24.8 Å². The Balaban J connectivity index is 2.98. The highest BCUT2D eigenvalue weighted by atomic mass is 16.6. The second kappa shape index (κ2) is 6.05. The van der Waals surface area contributed by atoms with Gasteiger partial charge in [0.15, 0.2) is 5.78 Å². The van der Waals surface area contributed by atoms with Crippen LogP contribution < -0.4 is 10.9 Å². The molecule has 0 saturated carbocycles. The van der Waals surface area contributed by atoms with Gasteiger partial charge in [-0.05, 0) is 13.3 Å². The van der Waals surface area contributed by atoms with E-state index in [2.05, 4.69) is 15.3 Å². The predicted octanol–water partition coefficient (Wildman–Crippen LogP) is -0.262. The van der Waals surface area contributed by atoms with Crippen molar-refractivity contribution in [3.8, 4) is 0 Å². The number of nitrogens with zero attached hydrogens (tertiary/aromatic N) is 2. The second-order valence-electron chi connectivity index (χ2n) is 3.85. The van der Waals surface area contributed by atoms with Crippen molar-refractivity contribution in [1.29, 1.82) is 0 Å². The maximum Gasteiger partial charge on any atom is 0.375 e. The Morgan fingerprint density at radius 3 is 2.79 bits per heavy atom. The maximum absolute atomic E-state index is 11.4. The van der Waals surface area contributed by atoms with Crippen molar-refractivity contribution in [3.63, 3.8) is 0 Å². The van der Waals surface area contributed by atoms with E-state index >= 15 is 0 Å². The van der Waals surface area contributed by atoms with Gasteiger partial charge < -0.3 is 15.4 Å². The van der Waals surface area contributed by atoms with Gasteiger partial charge in [0.1, 0.15) is 11.9 Å². The first kappa shape index (κ1) is 14.8. The average molecular weight is 270 g/mol. The third kappa shape index (κ3) is 3.58. The summed E-state index contributed by atoms with van der Waals surface area (Å²) < 4.78 is 0. The molecule has 0 bridgehead atoms. The molecule has 0 aliphatic rings. The first-order valence-electron chi connectivity index (χ1n) is 5.56. The Labute approximate surface area is 107 Å². The number of aryl methyl sites for hydroxylation is 1. The maximum atomic E-state index is 11.4. The summed E-state index contributed by atoms with van der Waals surface area (Å²) in [6, 6.07) is 0. The molecule has 0 radical (unpaired) electrons. The van der Waals surface area contributed by atoms with E-state index in [0.717, 1.165) is 0 Å². The third-order valence-electron chi connectivity index (χ3n) is 2.38. The smallest absolute Gasteiger partial charge is 0.375 e. The van der Waals surface area contributed by atoms with Crippen molar-refractivity contribution >= 4 is 17.3 Å². The average Bonchev–Trinajstić information content (AvgIpc) is 2.33. The van der Waals surface area contributed by atoms with Crippen LogP contribution in [0, 0.1) is 17.0 Å².